The van der Waals surface area contributed by atoms with Crippen molar-refractivity contribution >= 4 is 27.6 Å². The Kier molecular flexibility index (Phi) is 3.79. The fourth-order valence-electron chi connectivity index (χ4n) is 1.18. The zero-order valence-corrected chi connectivity index (χ0v) is 9.23. The number of hydrogen-bond acceptors (Lipinski definition) is 3. The van der Waals surface area contributed by atoms with Crippen LogP contribution >= 0.6 is 15.9 Å². The van der Waals surface area contributed by atoms with Gasteiger partial charge in [0.2, 0.25) is 0 Å². The van der Waals surface area contributed by atoms with Crippen LogP contribution in [-0.2, 0) is 6.42 Å². The van der Waals surface area contributed by atoms with Crippen LogP contribution < -0.4 is 0 Å². The number of hydrogen-bond donors (Lipinski definition) is 1. The second-order valence-electron chi connectivity index (χ2n) is 2.85. The van der Waals surface area contributed by atoms with E-state index in [1.165, 1.54) is 12.1 Å². The molecule has 0 unspecified atom stereocenters. The van der Waals surface area contributed by atoms with Crippen molar-refractivity contribution in [2.24, 2.45) is 0 Å². The number of nitro benzene ring substituents is 1. The highest BCUT2D eigenvalue weighted by atomic mass is 79.9. The van der Waals surface area contributed by atoms with Gasteiger partial charge in [-0.25, -0.2) is 4.79 Å². The van der Waals surface area contributed by atoms with Gasteiger partial charge in [0.05, 0.1) is 4.92 Å². The average molecular weight is 274 g/mol. The maximum atomic E-state index is 10.8. The van der Waals surface area contributed by atoms with Crippen molar-refractivity contribution in [3.05, 3.63) is 39.4 Å². The molecule has 0 aliphatic carbocycles. The third kappa shape index (κ3) is 2.76. The van der Waals surface area contributed by atoms with Crippen molar-refractivity contribution in [3.63, 3.8) is 0 Å². The van der Waals surface area contributed by atoms with E-state index in [0.29, 0.717) is 11.8 Å². The van der Waals surface area contributed by atoms with Gasteiger partial charge in [-0.3, -0.25) is 10.1 Å². The number of halogens is 1. The molecule has 1 rings (SSSR count). The molecule has 0 bridgehead atoms. The number of carboxylic acid groups (broad SMARTS) is 1. The first kappa shape index (κ1) is 11.6. The first-order chi connectivity index (χ1) is 7.06. The summed E-state index contributed by atoms with van der Waals surface area (Å²) in [6.45, 7) is 0. The monoisotopic (exact) mass is 273 g/mol. The van der Waals surface area contributed by atoms with E-state index in [0.717, 1.165) is 5.56 Å². The summed E-state index contributed by atoms with van der Waals surface area (Å²) in [5.74, 6) is -1.28. The Morgan fingerprint density at radius 3 is 2.67 bits per heavy atom. The van der Waals surface area contributed by atoms with Crippen LogP contribution in [0.15, 0.2) is 18.2 Å². The van der Waals surface area contributed by atoms with E-state index in [1.54, 1.807) is 6.07 Å². The predicted molar refractivity (Wildman–Crippen MR) is 57.6 cm³/mol. The van der Waals surface area contributed by atoms with Crippen molar-refractivity contribution in [1.29, 1.82) is 0 Å². The summed E-state index contributed by atoms with van der Waals surface area (Å²) in [4.78, 5) is 20.6. The van der Waals surface area contributed by atoms with Gasteiger partial charge in [-0.2, -0.15) is 0 Å². The van der Waals surface area contributed by atoms with Crippen LogP contribution in [0.1, 0.15) is 15.9 Å². The Balaban J connectivity index is 3.21. The van der Waals surface area contributed by atoms with E-state index < -0.39 is 10.9 Å². The molecule has 0 aliphatic heterocycles. The average Bonchev–Trinajstić information content (AvgIpc) is 2.17. The topological polar surface area (TPSA) is 80.4 Å². The third-order valence-corrected chi connectivity index (χ3v) is 2.27. The van der Waals surface area contributed by atoms with Crippen LogP contribution in [0.25, 0.3) is 0 Å². The predicted octanol–water partition coefficient (Wildman–Crippen LogP) is 2.23. The molecule has 0 saturated heterocycles. The molecule has 0 aliphatic rings. The SMILES string of the molecule is O=C(O)c1cc(CCBr)ccc1[N+](=O)[O-]. The van der Waals surface area contributed by atoms with Crippen LogP contribution in [0.3, 0.4) is 0 Å². The fraction of sp³-hybridized carbons (Fsp3) is 0.222. The lowest BCUT2D eigenvalue weighted by atomic mass is 10.1. The zero-order chi connectivity index (χ0) is 11.4. The molecule has 0 aromatic heterocycles. The molecule has 1 aromatic carbocycles. The largest absolute Gasteiger partial charge is 0.477 e. The summed E-state index contributed by atoms with van der Waals surface area (Å²) in [5.41, 5.74) is 0.120. The van der Waals surface area contributed by atoms with E-state index in [-0.39, 0.29) is 11.3 Å². The van der Waals surface area contributed by atoms with Gasteiger partial charge in [-0.1, -0.05) is 22.0 Å². The second-order valence-corrected chi connectivity index (χ2v) is 3.65. The van der Waals surface area contributed by atoms with Crippen molar-refractivity contribution in [2.45, 2.75) is 6.42 Å². The smallest absolute Gasteiger partial charge is 0.342 e. The van der Waals surface area contributed by atoms with Crippen molar-refractivity contribution in [1.82, 2.24) is 0 Å². The molecular weight excluding hydrogens is 266 g/mol. The minimum absolute atomic E-state index is 0.265. The first-order valence-corrected chi connectivity index (χ1v) is 5.25. The molecule has 1 aromatic rings. The van der Waals surface area contributed by atoms with Crippen molar-refractivity contribution < 1.29 is 14.8 Å². The molecule has 0 fully saturated rings. The number of benzene rings is 1. The van der Waals surface area contributed by atoms with Crippen LogP contribution in [-0.4, -0.2) is 21.3 Å². The van der Waals surface area contributed by atoms with Gasteiger partial charge < -0.3 is 5.11 Å². The van der Waals surface area contributed by atoms with E-state index in [2.05, 4.69) is 15.9 Å². The molecule has 80 valence electrons. The van der Waals surface area contributed by atoms with Crippen LogP contribution in [0.2, 0.25) is 0 Å². The molecule has 15 heavy (non-hydrogen) atoms. The summed E-state index contributed by atoms with van der Waals surface area (Å²) in [6, 6.07) is 4.12. The number of aromatic carboxylic acids is 1. The number of nitro groups is 1. The Labute approximate surface area is 94.0 Å². The van der Waals surface area contributed by atoms with Gasteiger partial charge in [0.25, 0.3) is 5.69 Å². The minimum atomic E-state index is -1.28. The lowest BCUT2D eigenvalue weighted by Crippen LogP contribution is -2.03. The van der Waals surface area contributed by atoms with E-state index >= 15 is 0 Å². The van der Waals surface area contributed by atoms with Crippen LogP contribution in [0.5, 0.6) is 0 Å². The molecule has 1 N–H and O–H groups in total. The Hall–Kier alpha value is -1.43. The van der Waals surface area contributed by atoms with Crippen molar-refractivity contribution in [2.75, 3.05) is 5.33 Å². The van der Waals surface area contributed by atoms with Crippen LogP contribution in [0, 0.1) is 10.1 Å². The van der Waals surface area contributed by atoms with Gasteiger partial charge in [-0.05, 0) is 18.1 Å². The van der Waals surface area contributed by atoms with Crippen LogP contribution in [0.4, 0.5) is 5.69 Å². The standard InChI is InChI=1S/C9H8BrNO4/c10-4-3-6-1-2-8(11(14)15)7(5-6)9(12)13/h1-2,5H,3-4H2,(H,12,13). The number of aryl methyl sites for hydroxylation is 1. The maximum absolute atomic E-state index is 10.8. The maximum Gasteiger partial charge on any atom is 0.342 e. The quantitative estimate of drug-likeness (QED) is 0.518. The molecule has 0 radical (unpaired) electrons. The molecule has 0 saturated carbocycles. The third-order valence-electron chi connectivity index (χ3n) is 1.87. The Morgan fingerprint density at radius 1 is 1.53 bits per heavy atom. The molecular formula is C9H8BrNO4. The molecule has 5 nitrogen and oxygen atoms in total. The van der Waals surface area contributed by atoms with Gasteiger partial charge in [-0.15, -0.1) is 0 Å². The summed E-state index contributed by atoms with van der Waals surface area (Å²) in [7, 11) is 0. The summed E-state index contributed by atoms with van der Waals surface area (Å²) < 4.78 is 0. The zero-order valence-electron chi connectivity index (χ0n) is 7.64. The summed E-state index contributed by atoms with van der Waals surface area (Å²) in [6.07, 6.45) is 0.637. The van der Waals surface area contributed by atoms with Gasteiger partial charge in [0, 0.05) is 11.4 Å². The number of alkyl halides is 1. The number of nitrogens with zero attached hydrogens (tertiary/aromatic N) is 1. The van der Waals surface area contributed by atoms with Crippen molar-refractivity contribution in [3.8, 4) is 0 Å². The molecule has 6 heteroatoms. The molecule has 0 spiro atoms. The Bertz CT molecular complexity index is 405. The summed E-state index contributed by atoms with van der Waals surface area (Å²) in [5, 5.41) is 20.0. The van der Waals surface area contributed by atoms with Gasteiger partial charge >= 0.3 is 5.97 Å². The lowest BCUT2D eigenvalue weighted by Gasteiger charge is -2.01. The van der Waals surface area contributed by atoms with E-state index in [9.17, 15) is 14.9 Å². The highest BCUT2D eigenvalue weighted by Crippen LogP contribution is 2.20. The lowest BCUT2D eigenvalue weighted by molar-refractivity contribution is -0.385. The molecule has 0 heterocycles. The van der Waals surface area contributed by atoms with E-state index in [4.69, 9.17) is 5.11 Å². The highest BCUT2D eigenvalue weighted by molar-refractivity contribution is 9.09. The fourth-order valence-corrected chi connectivity index (χ4v) is 1.64. The minimum Gasteiger partial charge on any atom is -0.477 e. The highest BCUT2D eigenvalue weighted by Gasteiger charge is 2.19. The van der Waals surface area contributed by atoms with E-state index in [1.807, 2.05) is 0 Å². The number of carboxylic acids is 1. The van der Waals surface area contributed by atoms with Gasteiger partial charge in [0.1, 0.15) is 5.56 Å². The number of rotatable bonds is 4. The normalized spacial score (nSPS) is 9.93. The first-order valence-electron chi connectivity index (χ1n) is 4.13. The second kappa shape index (κ2) is 4.88. The Morgan fingerprint density at radius 2 is 2.20 bits per heavy atom. The van der Waals surface area contributed by atoms with Gasteiger partial charge in [0.15, 0.2) is 0 Å². The molecule has 0 amide bonds. The summed E-state index contributed by atoms with van der Waals surface area (Å²) >= 11 is 3.21. The number of carbonyl (C=O) groups is 1. The molecule has 0 atom stereocenters.